The van der Waals surface area contributed by atoms with E-state index in [9.17, 15) is 12.8 Å². The fraction of sp³-hybridized carbons (Fsp3) is 0.286. The molecule has 1 fully saturated rings. The third kappa shape index (κ3) is 4.55. The minimum absolute atomic E-state index is 0.0688. The number of hydrogen-bond donors (Lipinski definition) is 1. The van der Waals surface area contributed by atoms with Crippen molar-refractivity contribution in [2.45, 2.75) is 17.5 Å². The van der Waals surface area contributed by atoms with Crippen LogP contribution in [0, 0.1) is 5.82 Å². The zero-order chi connectivity index (χ0) is 20.4. The number of imidazole rings is 1. The van der Waals surface area contributed by atoms with E-state index in [-0.39, 0.29) is 11.9 Å². The van der Waals surface area contributed by atoms with Crippen LogP contribution in [0.3, 0.4) is 0 Å². The van der Waals surface area contributed by atoms with Crippen molar-refractivity contribution in [1.29, 1.82) is 0 Å². The number of rotatable bonds is 5. The van der Waals surface area contributed by atoms with E-state index in [4.69, 9.17) is 4.74 Å². The second-order valence-electron chi connectivity index (χ2n) is 7.17. The van der Waals surface area contributed by atoms with Gasteiger partial charge in [0.15, 0.2) is 9.84 Å². The van der Waals surface area contributed by atoms with E-state index < -0.39 is 9.84 Å². The summed E-state index contributed by atoms with van der Waals surface area (Å²) in [6.45, 7) is 2.50. The topological polar surface area (TPSA) is 75.3 Å². The van der Waals surface area contributed by atoms with Crippen LogP contribution in [0.4, 0.5) is 4.39 Å². The summed E-state index contributed by atoms with van der Waals surface area (Å²) in [4.78, 5) is 10.4. The molecule has 0 spiro atoms. The van der Waals surface area contributed by atoms with Gasteiger partial charge in [-0.25, -0.2) is 17.8 Å². The third-order valence-electron chi connectivity index (χ3n) is 5.02. The van der Waals surface area contributed by atoms with Gasteiger partial charge < -0.3 is 9.72 Å². The number of hydrogen-bond acceptors (Lipinski definition) is 5. The highest BCUT2D eigenvalue weighted by Gasteiger charge is 2.27. The van der Waals surface area contributed by atoms with Gasteiger partial charge in [0.25, 0.3) is 0 Å². The zero-order valence-corrected chi connectivity index (χ0v) is 16.8. The normalized spacial score (nSPS) is 18.1. The molecule has 0 amide bonds. The average molecular weight is 415 g/mol. The van der Waals surface area contributed by atoms with Crippen molar-refractivity contribution < 1.29 is 17.5 Å². The maximum Gasteiger partial charge on any atom is 0.175 e. The first kappa shape index (κ1) is 19.8. The standard InChI is InChI=1S/C21H22FN3O3S/c1-29(26,27)18-7-5-15(6-8-18)13-25-9-10-28-14-20(25)21-23-12-19(24-21)16-3-2-4-17(22)11-16/h2-8,11-12,20H,9-10,13-14H2,1H3,(H,23,24)/t20-/m0/s1. The van der Waals surface area contributed by atoms with Gasteiger partial charge >= 0.3 is 0 Å². The van der Waals surface area contributed by atoms with Crippen molar-refractivity contribution in [2.75, 3.05) is 26.0 Å². The Morgan fingerprint density at radius 2 is 2.03 bits per heavy atom. The lowest BCUT2D eigenvalue weighted by atomic mass is 10.1. The molecule has 1 atom stereocenters. The molecule has 0 saturated carbocycles. The van der Waals surface area contributed by atoms with Crippen LogP contribution in [0.15, 0.2) is 59.6 Å². The number of sulfone groups is 1. The maximum absolute atomic E-state index is 13.5. The van der Waals surface area contributed by atoms with Crippen LogP contribution in [-0.2, 0) is 21.1 Å². The SMILES string of the molecule is CS(=O)(=O)c1ccc(CN2CCOC[C@H]2c2ncc(-c3cccc(F)c3)[nH]2)cc1. The van der Waals surface area contributed by atoms with Crippen molar-refractivity contribution in [1.82, 2.24) is 14.9 Å². The van der Waals surface area contributed by atoms with Gasteiger partial charge in [0.2, 0.25) is 0 Å². The molecule has 1 N–H and O–H groups in total. The highest BCUT2D eigenvalue weighted by Crippen LogP contribution is 2.27. The van der Waals surface area contributed by atoms with Crippen LogP contribution in [0.1, 0.15) is 17.4 Å². The molecule has 4 rings (SSSR count). The Hall–Kier alpha value is -2.55. The van der Waals surface area contributed by atoms with Crippen LogP contribution in [-0.4, -0.2) is 49.3 Å². The summed E-state index contributed by atoms with van der Waals surface area (Å²) in [7, 11) is -3.21. The van der Waals surface area contributed by atoms with Crippen molar-refractivity contribution in [2.24, 2.45) is 0 Å². The Morgan fingerprint density at radius 3 is 2.76 bits per heavy atom. The predicted molar refractivity (Wildman–Crippen MR) is 108 cm³/mol. The quantitative estimate of drug-likeness (QED) is 0.693. The number of benzene rings is 2. The number of nitrogens with zero attached hydrogens (tertiary/aromatic N) is 2. The van der Waals surface area contributed by atoms with Gasteiger partial charge in [-0.2, -0.15) is 0 Å². The molecule has 2 heterocycles. The molecule has 1 aliphatic heterocycles. The molecule has 1 aliphatic rings. The van der Waals surface area contributed by atoms with Crippen LogP contribution in [0.25, 0.3) is 11.3 Å². The summed E-state index contributed by atoms with van der Waals surface area (Å²) in [5.41, 5.74) is 2.51. The molecule has 0 radical (unpaired) electrons. The molecule has 0 aliphatic carbocycles. The Labute approximate surface area is 169 Å². The molecule has 0 unspecified atom stereocenters. The van der Waals surface area contributed by atoms with Gasteiger partial charge in [-0.05, 0) is 29.8 Å². The van der Waals surface area contributed by atoms with Gasteiger partial charge in [0.1, 0.15) is 11.6 Å². The molecule has 152 valence electrons. The molecule has 0 bridgehead atoms. The molecule has 2 aromatic carbocycles. The van der Waals surface area contributed by atoms with E-state index >= 15 is 0 Å². The Bertz CT molecular complexity index is 1100. The molecule has 1 saturated heterocycles. The molecule has 29 heavy (non-hydrogen) atoms. The average Bonchev–Trinajstić information content (AvgIpc) is 3.18. The Balaban J connectivity index is 1.54. The van der Waals surface area contributed by atoms with Crippen molar-refractivity contribution in [3.63, 3.8) is 0 Å². The summed E-state index contributed by atoms with van der Waals surface area (Å²) in [5, 5.41) is 0. The van der Waals surface area contributed by atoms with Gasteiger partial charge in [-0.15, -0.1) is 0 Å². The van der Waals surface area contributed by atoms with Crippen molar-refractivity contribution >= 4 is 9.84 Å². The smallest absolute Gasteiger partial charge is 0.175 e. The summed E-state index contributed by atoms with van der Waals surface area (Å²) in [6, 6.07) is 13.2. The van der Waals surface area contributed by atoms with Crippen LogP contribution >= 0.6 is 0 Å². The van der Waals surface area contributed by atoms with Gasteiger partial charge in [-0.3, -0.25) is 4.90 Å². The van der Waals surface area contributed by atoms with Gasteiger partial charge in [0.05, 0.1) is 36.0 Å². The van der Waals surface area contributed by atoms with Crippen LogP contribution in [0.5, 0.6) is 0 Å². The van der Waals surface area contributed by atoms with Crippen molar-refractivity contribution in [3.8, 4) is 11.3 Å². The van der Waals surface area contributed by atoms with E-state index in [1.165, 1.54) is 18.4 Å². The summed E-state index contributed by atoms with van der Waals surface area (Å²) in [5.74, 6) is 0.468. The van der Waals surface area contributed by atoms with Crippen LogP contribution in [0.2, 0.25) is 0 Å². The Morgan fingerprint density at radius 1 is 1.24 bits per heavy atom. The molecule has 6 nitrogen and oxygen atoms in total. The lowest BCUT2D eigenvalue weighted by Gasteiger charge is -2.34. The molecular formula is C21H22FN3O3S. The first-order chi connectivity index (χ1) is 13.9. The second-order valence-corrected chi connectivity index (χ2v) is 9.19. The van der Waals surface area contributed by atoms with Gasteiger partial charge in [-0.1, -0.05) is 24.3 Å². The van der Waals surface area contributed by atoms with E-state index in [0.717, 1.165) is 29.2 Å². The highest BCUT2D eigenvalue weighted by molar-refractivity contribution is 7.90. The lowest BCUT2D eigenvalue weighted by Crippen LogP contribution is -2.39. The minimum atomic E-state index is -3.21. The van der Waals surface area contributed by atoms with Crippen molar-refractivity contribution in [3.05, 3.63) is 71.9 Å². The second kappa shape index (κ2) is 8.06. The largest absolute Gasteiger partial charge is 0.378 e. The van der Waals surface area contributed by atoms with E-state index in [0.29, 0.717) is 24.7 Å². The summed E-state index contributed by atoms with van der Waals surface area (Å²) in [6.07, 6.45) is 2.91. The number of aromatic amines is 1. The summed E-state index contributed by atoms with van der Waals surface area (Å²) >= 11 is 0. The van der Waals surface area contributed by atoms with Gasteiger partial charge in [0, 0.05) is 24.9 Å². The lowest BCUT2D eigenvalue weighted by molar-refractivity contribution is -0.0156. The first-order valence-corrected chi connectivity index (χ1v) is 11.2. The number of morpholine rings is 1. The Kier molecular flexibility index (Phi) is 5.49. The van der Waals surface area contributed by atoms with E-state index in [2.05, 4.69) is 14.9 Å². The zero-order valence-electron chi connectivity index (χ0n) is 16.0. The summed E-state index contributed by atoms with van der Waals surface area (Å²) < 4.78 is 42.5. The number of ether oxygens (including phenoxy) is 1. The fourth-order valence-corrected chi connectivity index (χ4v) is 4.09. The monoisotopic (exact) mass is 415 g/mol. The molecular weight excluding hydrogens is 393 g/mol. The van der Waals surface area contributed by atoms with E-state index in [1.807, 2.05) is 18.2 Å². The number of nitrogens with one attached hydrogen (secondary N) is 1. The minimum Gasteiger partial charge on any atom is -0.378 e. The molecule has 8 heteroatoms. The molecule has 1 aromatic heterocycles. The predicted octanol–water partition coefficient (Wildman–Crippen LogP) is 3.19. The first-order valence-electron chi connectivity index (χ1n) is 9.32. The maximum atomic E-state index is 13.5. The number of halogens is 1. The number of H-pyrrole nitrogens is 1. The molecule has 3 aromatic rings. The third-order valence-corrected chi connectivity index (χ3v) is 6.15. The number of aromatic nitrogens is 2. The fourth-order valence-electron chi connectivity index (χ4n) is 3.46. The van der Waals surface area contributed by atoms with E-state index in [1.54, 1.807) is 24.4 Å². The highest BCUT2D eigenvalue weighted by atomic mass is 32.2. The van der Waals surface area contributed by atoms with Crippen LogP contribution < -0.4 is 0 Å².